The fourth-order valence-corrected chi connectivity index (χ4v) is 1.63. The average Bonchev–Trinajstić information content (AvgIpc) is 2.58. The minimum Gasteiger partial charge on any atom is -0.748 e. The maximum Gasteiger partial charge on any atom is 0.261 e. The highest BCUT2D eigenvalue weighted by atomic mass is 32.2. The Morgan fingerprint density at radius 1 is 1.32 bits per heavy atom. The summed E-state index contributed by atoms with van der Waals surface area (Å²) in [6.07, 6.45) is 1.32. The van der Waals surface area contributed by atoms with Gasteiger partial charge >= 0.3 is 0 Å². The van der Waals surface area contributed by atoms with Gasteiger partial charge in [-0.25, -0.2) is 8.42 Å². The highest BCUT2D eigenvalue weighted by molar-refractivity contribution is 8.00. The van der Waals surface area contributed by atoms with E-state index in [1.165, 1.54) is 12.3 Å². The quantitative estimate of drug-likeness (QED) is 0.339. The van der Waals surface area contributed by atoms with Crippen molar-refractivity contribution in [3.05, 3.63) is 0 Å². The van der Waals surface area contributed by atoms with E-state index in [0.717, 1.165) is 12.3 Å². The Balaban J connectivity index is -0.0000000994. The molecule has 0 amide bonds. The molecule has 0 radical (unpaired) electrons. The third-order valence-electron chi connectivity index (χ3n) is 1.27. The summed E-state index contributed by atoms with van der Waals surface area (Å²) in [6.45, 7) is 6.54. The van der Waals surface area contributed by atoms with Crippen LogP contribution in [-0.2, 0) is 20.2 Å². The molecule has 0 spiro atoms. The van der Waals surface area contributed by atoms with Crippen molar-refractivity contribution in [2.45, 2.75) is 26.1 Å². The number of hydrogen-bond donors (Lipinski definition) is 4. The molecule has 12 heteroatoms. The fraction of sp³-hybridized carbons (Fsp3) is 1.00. The van der Waals surface area contributed by atoms with E-state index in [1.54, 1.807) is 0 Å². The number of rotatable bonds is 1. The summed E-state index contributed by atoms with van der Waals surface area (Å²) in [5.74, 6) is 2.17. The van der Waals surface area contributed by atoms with Gasteiger partial charge in [-0.1, -0.05) is 7.43 Å². The lowest BCUT2D eigenvalue weighted by Gasteiger charge is -2.14. The highest BCUT2D eigenvalue weighted by Crippen LogP contribution is 2.24. The molecule has 0 aliphatic carbocycles. The van der Waals surface area contributed by atoms with E-state index < -0.39 is 20.2 Å². The standard InChI is InChI=1S/C5H11NS.C2H7NS.2CH4O3S.CH4/c1-5(2)6-3-4-7-5;3-1-2-4;2*1-5(2,3)4;/h6H,3-4H2,1-2H3;4H,1-3H2;2*1H3,(H,2,3,4);1H4. The normalized spacial score (nSPS) is 15.6. The summed E-state index contributed by atoms with van der Waals surface area (Å²) in [5.41, 5.74) is 3.53. The summed E-state index contributed by atoms with van der Waals surface area (Å²) >= 11 is 5.85. The van der Waals surface area contributed by atoms with Crippen LogP contribution in [0.2, 0.25) is 0 Å². The highest BCUT2D eigenvalue weighted by Gasteiger charge is 2.21. The van der Waals surface area contributed by atoms with Crippen molar-refractivity contribution < 1.29 is 31.7 Å². The van der Waals surface area contributed by atoms with Gasteiger partial charge in [0.25, 0.3) is 10.1 Å². The Kier molecular flexibility index (Phi) is 20.7. The van der Waals surface area contributed by atoms with E-state index in [1.807, 2.05) is 11.8 Å². The van der Waals surface area contributed by atoms with Crippen LogP contribution >= 0.6 is 24.4 Å². The number of thioether (sulfide) groups is 1. The first-order valence-electron chi connectivity index (χ1n) is 5.74. The van der Waals surface area contributed by atoms with E-state index in [0.29, 0.717) is 17.4 Å². The van der Waals surface area contributed by atoms with Crippen LogP contribution < -0.4 is 11.1 Å². The second-order valence-corrected chi connectivity index (χ2v) is 9.34. The Morgan fingerprint density at radius 3 is 1.64 bits per heavy atom. The molecule has 1 aliphatic rings. The summed E-state index contributed by atoms with van der Waals surface area (Å²) in [4.78, 5) is 0.361. The molecule has 0 bridgehead atoms. The lowest BCUT2D eigenvalue weighted by Crippen LogP contribution is -2.51. The van der Waals surface area contributed by atoms with Crippen molar-refractivity contribution in [3.8, 4) is 0 Å². The zero-order valence-corrected chi connectivity index (χ0v) is 16.0. The molecule has 0 aromatic carbocycles. The van der Waals surface area contributed by atoms with Crippen LogP contribution in [0.4, 0.5) is 0 Å². The largest absolute Gasteiger partial charge is 0.748 e. The van der Waals surface area contributed by atoms with Gasteiger partial charge < -0.3 is 15.6 Å². The van der Waals surface area contributed by atoms with Gasteiger partial charge in [0.2, 0.25) is 0 Å². The molecule has 5 N–H and O–H groups in total. The Morgan fingerprint density at radius 2 is 1.59 bits per heavy atom. The zero-order valence-electron chi connectivity index (χ0n) is 12.7. The molecule has 0 unspecified atom stereocenters. The molecule has 0 aromatic rings. The number of quaternary nitrogens is 1. The summed E-state index contributed by atoms with van der Waals surface area (Å²) in [6, 6.07) is 0. The molecule has 1 fully saturated rings. The maximum absolute atomic E-state index is 9.19. The van der Waals surface area contributed by atoms with Gasteiger partial charge in [-0.15, -0.1) is 11.8 Å². The van der Waals surface area contributed by atoms with Crippen LogP contribution in [-0.4, -0.2) is 67.9 Å². The topological polar surface area (TPSA) is 151 Å². The van der Waals surface area contributed by atoms with Crippen molar-refractivity contribution in [1.82, 2.24) is 5.32 Å². The summed E-state index contributed by atoms with van der Waals surface area (Å²) in [7, 11) is -7.58. The van der Waals surface area contributed by atoms with E-state index in [4.69, 9.17) is 17.5 Å². The van der Waals surface area contributed by atoms with Gasteiger partial charge in [-0.3, -0.25) is 4.55 Å². The third kappa shape index (κ3) is 70.9. The average molecular weight is 403 g/mol. The molecule has 0 atom stereocenters. The van der Waals surface area contributed by atoms with E-state index in [-0.39, 0.29) is 7.43 Å². The molecule has 22 heavy (non-hydrogen) atoms. The third-order valence-corrected chi connectivity index (χ3v) is 2.86. The second kappa shape index (κ2) is 15.0. The molecule has 1 aliphatic heterocycles. The van der Waals surface area contributed by atoms with Crippen molar-refractivity contribution in [2.24, 2.45) is 0 Å². The van der Waals surface area contributed by atoms with Crippen molar-refractivity contribution in [3.63, 3.8) is 0 Å². The van der Waals surface area contributed by atoms with Crippen LogP contribution in [0.25, 0.3) is 0 Å². The number of nitrogens with one attached hydrogen (secondary N) is 1. The first-order valence-corrected chi connectivity index (χ1v) is 11.0. The maximum atomic E-state index is 9.19. The van der Waals surface area contributed by atoms with Crippen molar-refractivity contribution >= 4 is 44.6 Å². The van der Waals surface area contributed by atoms with Crippen molar-refractivity contribution in [2.75, 3.05) is 37.1 Å². The molecule has 8 nitrogen and oxygen atoms in total. The predicted octanol–water partition coefficient (Wildman–Crippen LogP) is -0.481. The smallest absolute Gasteiger partial charge is 0.261 e. The van der Waals surface area contributed by atoms with Gasteiger partial charge in [0.15, 0.2) is 0 Å². The number of hydrogen-bond acceptors (Lipinski definition) is 8. The minimum absolute atomic E-state index is 0. The van der Waals surface area contributed by atoms with Crippen LogP contribution in [0.1, 0.15) is 21.3 Å². The lowest BCUT2D eigenvalue weighted by molar-refractivity contribution is -0.360. The number of thiol groups is 1. The SMILES string of the molecule is C.CC1(C)NCCS1.CS(=O)(=O)O.CS(=O)(=O)[O-].[NH3+]CCS. The summed E-state index contributed by atoms with van der Waals surface area (Å²) in [5, 5.41) is 3.36. The van der Waals surface area contributed by atoms with Gasteiger partial charge in [0.05, 0.1) is 27.8 Å². The minimum atomic E-state index is -3.92. The molecule has 1 saturated heterocycles. The van der Waals surface area contributed by atoms with Gasteiger partial charge in [-0.05, 0) is 13.8 Å². The van der Waals surface area contributed by atoms with Crippen LogP contribution in [0.5, 0.6) is 0 Å². The van der Waals surface area contributed by atoms with Gasteiger partial charge in [-0.2, -0.15) is 21.0 Å². The van der Waals surface area contributed by atoms with Crippen LogP contribution in [0.15, 0.2) is 0 Å². The Bertz CT molecular complexity index is 380. The molecular formula is C10H30N2O6S4. The summed E-state index contributed by atoms with van der Waals surface area (Å²) < 4.78 is 53.1. The van der Waals surface area contributed by atoms with Gasteiger partial charge in [0, 0.05) is 24.3 Å². The Labute approximate surface area is 144 Å². The van der Waals surface area contributed by atoms with E-state index in [9.17, 15) is 8.42 Å². The lowest BCUT2D eigenvalue weighted by atomic mass is 10.4. The first kappa shape index (κ1) is 30.3. The predicted molar refractivity (Wildman–Crippen MR) is 96.0 cm³/mol. The van der Waals surface area contributed by atoms with E-state index in [2.05, 4.69) is 37.5 Å². The van der Waals surface area contributed by atoms with Gasteiger partial charge in [0.1, 0.15) is 0 Å². The van der Waals surface area contributed by atoms with Crippen LogP contribution in [0, 0.1) is 0 Å². The molecule has 1 heterocycles. The van der Waals surface area contributed by atoms with Crippen LogP contribution in [0.3, 0.4) is 0 Å². The zero-order chi connectivity index (χ0) is 17.7. The molecule has 1 rings (SSSR count). The molecule has 140 valence electrons. The van der Waals surface area contributed by atoms with Crippen molar-refractivity contribution in [1.29, 1.82) is 0 Å². The second-order valence-electron chi connectivity index (χ2n) is 4.30. The molecule has 0 aromatic heterocycles. The van der Waals surface area contributed by atoms with E-state index >= 15 is 0 Å². The Hall–Kier alpha value is 0.440. The molecular weight excluding hydrogens is 372 g/mol. The monoisotopic (exact) mass is 402 g/mol. The fourth-order valence-electron chi connectivity index (χ4n) is 0.709. The first-order chi connectivity index (χ1) is 9.12. The molecule has 0 saturated carbocycles.